The van der Waals surface area contributed by atoms with Crippen LogP contribution in [-0.4, -0.2) is 29.6 Å². The summed E-state index contributed by atoms with van der Waals surface area (Å²) in [6.07, 6.45) is 0.705. The highest BCUT2D eigenvalue weighted by atomic mass is 15.2. The molecule has 0 spiro atoms. The van der Waals surface area contributed by atoms with E-state index in [0.717, 1.165) is 0 Å². The van der Waals surface area contributed by atoms with E-state index in [1.54, 1.807) is 6.92 Å². The van der Waals surface area contributed by atoms with Crippen molar-refractivity contribution >= 4 is 0 Å². The fraction of sp³-hybridized carbons (Fsp3) is 0.917. The summed E-state index contributed by atoms with van der Waals surface area (Å²) in [5.74, 6) is 0.614. The molecule has 0 saturated heterocycles. The summed E-state index contributed by atoms with van der Waals surface area (Å²) in [6.45, 7) is 10.5. The Morgan fingerprint density at radius 2 is 1.80 bits per heavy atom. The van der Waals surface area contributed by atoms with E-state index in [-0.39, 0.29) is 0 Å². The molecule has 3 atom stereocenters. The second-order valence-corrected chi connectivity index (χ2v) is 5.23. The van der Waals surface area contributed by atoms with Crippen molar-refractivity contribution in [3.63, 3.8) is 0 Å². The van der Waals surface area contributed by atoms with Gasteiger partial charge < -0.3 is 10.6 Å². The van der Waals surface area contributed by atoms with Crippen molar-refractivity contribution in [2.24, 2.45) is 11.7 Å². The summed E-state index contributed by atoms with van der Waals surface area (Å²) in [5.41, 5.74) is 5.13. The first-order chi connectivity index (χ1) is 6.71. The van der Waals surface area contributed by atoms with Crippen molar-refractivity contribution in [3.05, 3.63) is 0 Å². The lowest BCUT2D eigenvalue weighted by Crippen LogP contribution is -2.46. The first-order valence-electron chi connectivity index (χ1n) is 5.63. The van der Waals surface area contributed by atoms with Crippen molar-refractivity contribution in [3.8, 4) is 6.07 Å². The van der Waals surface area contributed by atoms with Crippen LogP contribution < -0.4 is 5.73 Å². The van der Waals surface area contributed by atoms with Crippen LogP contribution in [0.4, 0.5) is 0 Å². The second-order valence-electron chi connectivity index (χ2n) is 5.23. The molecule has 0 aliphatic rings. The molecule has 0 bridgehead atoms. The molecule has 0 aromatic rings. The molecule has 0 heterocycles. The zero-order chi connectivity index (χ0) is 12.2. The van der Waals surface area contributed by atoms with Gasteiger partial charge in [-0.05, 0) is 40.2 Å². The number of nitrogens with zero attached hydrogens (tertiary/aromatic N) is 2. The average Bonchev–Trinajstić information content (AvgIpc) is 2.14. The maximum atomic E-state index is 8.88. The number of nitrogens with two attached hydrogens (primary N) is 1. The quantitative estimate of drug-likeness (QED) is 0.756. The Hall–Kier alpha value is -0.590. The minimum Gasteiger partial charge on any atom is -0.314 e. The normalized spacial score (nSPS) is 19.7. The van der Waals surface area contributed by atoms with E-state index in [2.05, 4.69) is 45.7 Å². The molecule has 0 radical (unpaired) electrons. The third-order valence-electron chi connectivity index (χ3n) is 3.28. The van der Waals surface area contributed by atoms with Gasteiger partial charge in [0.2, 0.25) is 0 Å². The predicted octanol–water partition coefficient (Wildman–Crippen LogP) is 1.98. The van der Waals surface area contributed by atoms with Crippen molar-refractivity contribution in [2.45, 2.75) is 58.7 Å². The SMILES string of the molecule is CC(C)C(C)N(C)C(C)CC(C)(N)C#N. The molecule has 0 aliphatic carbocycles. The van der Waals surface area contributed by atoms with E-state index >= 15 is 0 Å². The number of hydrogen-bond donors (Lipinski definition) is 1. The van der Waals surface area contributed by atoms with Gasteiger partial charge in [-0.2, -0.15) is 5.26 Å². The van der Waals surface area contributed by atoms with Crippen LogP contribution >= 0.6 is 0 Å². The van der Waals surface area contributed by atoms with Crippen LogP contribution in [0.3, 0.4) is 0 Å². The van der Waals surface area contributed by atoms with E-state index < -0.39 is 5.54 Å². The molecule has 0 fully saturated rings. The molecular formula is C12H25N3. The molecule has 3 unspecified atom stereocenters. The molecular weight excluding hydrogens is 186 g/mol. The van der Waals surface area contributed by atoms with E-state index in [9.17, 15) is 0 Å². The fourth-order valence-corrected chi connectivity index (χ4v) is 1.67. The van der Waals surface area contributed by atoms with Gasteiger partial charge in [0.05, 0.1) is 6.07 Å². The third kappa shape index (κ3) is 4.63. The Morgan fingerprint density at radius 1 is 1.33 bits per heavy atom. The minimum absolute atomic E-state index is 0.331. The summed E-state index contributed by atoms with van der Waals surface area (Å²) in [4.78, 5) is 2.30. The Balaban J connectivity index is 4.35. The number of hydrogen-bond acceptors (Lipinski definition) is 3. The molecule has 0 rings (SSSR count). The maximum Gasteiger partial charge on any atom is 0.102 e. The summed E-state index contributed by atoms with van der Waals surface area (Å²) in [7, 11) is 2.10. The highest BCUT2D eigenvalue weighted by molar-refractivity contribution is 5.02. The molecule has 0 aliphatic heterocycles. The van der Waals surface area contributed by atoms with Crippen molar-refractivity contribution in [2.75, 3.05) is 7.05 Å². The predicted molar refractivity (Wildman–Crippen MR) is 64.3 cm³/mol. The Bertz CT molecular complexity index is 228. The van der Waals surface area contributed by atoms with Gasteiger partial charge in [-0.3, -0.25) is 0 Å². The van der Waals surface area contributed by atoms with E-state index in [1.807, 2.05) is 0 Å². The molecule has 15 heavy (non-hydrogen) atoms. The smallest absolute Gasteiger partial charge is 0.102 e. The van der Waals surface area contributed by atoms with Gasteiger partial charge in [-0.25, -0.2) is 0 Å². The van der Waals surface area contributed by atoms with Crippen LogP contribution in [0, 0.1) is 17.2 Å². The van der Waals surface area contributed by atoms with Crippen LogP contribution in [0.15, 0.2) is 0 Å². The molecule has 3 nitrogen and oxygen atoms in total. The van der Waals surface area contributed by atoms with Gasteiger partial charge >= 0.3 is 0 Å². The molecule has 88 valence electrons. The van der Waals surface area contributed by atoms with Crippen molar-refractivity contribution in [1.82, 2.24) is 4.90 Å². The van der Waals surface area contributed by atoms with Crippen LogP contribution in [-0.2, 0) is 0 Å². The summed E-state index contributed by atoms with van der Waals surface area (Å²) < 4.78 is 0. The van der Waals surface area contributed by atoms with Crippen LogP contribution in [0.2, 0.25) is 0 Å². The fourth-order valence-electron chi connectivity index (χ4n) is 1.67. The molecule has 3 heteroatoms. The summed E-state index contributed by atoms with van der Waals surface area (Å²) >= 11 is 0. The molecule has 2 N–H and O–H groups in total. The highest BCUT2D eigenvalue weighted by Gasteiger charge is 2.26. The average molecular weight is 211 g/mol. The van der Waals surface area contributed by atoms with Gasteiger partial charge in [0.25, 0.3) is 0 Å². The Morgan fingerprint density at radius 3 is 2.13 bits per heavy atom. The lowest BCUT2D eigenvalue weighted by molar-refractivity contribution is 0.141. The lowest BCUT2D eigenvalue weighted by atomic mass is 9.94. The maximum absolute atomic E-state index is 8.88. The Kier molecular flexibility index (Phi) is 5.27. The lowest BCUT2D eigenvalue weighted by Gasteiger charge is -2.35. The van der Waals surface area contributed by atoms with Gasteiger partial charge in [-0.1, -0.05) is 13.8 Å². The number of nitriles is 1. The summed E-state index contributed by atoms with van der Waals surface area (Å²) in [5, 5.41) is 8.88. The van der Waals surface area contributed by atoms with Crippen LogP contribution in [0.1, 0.15) is 41.0 Å². The van der Waals surface area contributed by atoms with Gasteiger partial charge in [0.15, 0.2) is 0 Å². The largest absolute Gasteiger partial charge is 0.314 e. The van der Waals surface area contributed by atoms with Gasteiger partial charge in [0.1, 0.15) is 5.54 Å². The zero-order valence-corrected chi connectivity index (χ0v) is 10.9. The van der Waals surface area contributed by atoms with E-state index in [0.29, 0.717) is 24.4 Å². The van der Waals surface area contributed by atoms with Crippen molar-refractivity contribution in [1.29, 1.82) is 5.26 Å². The molecule has 0 aromatic carbocycles. The first kappa shape index (κ1) is 14.4. The third-order valence-corrected chi connectivity index (χ3v) is 3.28. The first-order valence-corrected chi connectivity index (χ1v) is 5.63. The Labute approximate surface area is 94.2 Å². The molecule has 0 aromatic heterocycles. The second kappa shape index (κ2) is 5.48. The summed E-state index contributed by atoms with van der Waals surface area (Å²) in [6, 6.07) is 2.99. The van der Waals surface area contributed by atoms with Gasteiger partial charge in [0, 0.05) is 12.1 Å². The highest BCUT2D eigenvalue weighted by Crippen LogP contribution is 2.17. The van der Waals surface area contributed by atoms with Crippen LogP contribution in [0.5, 0.6) is 0 Å². The van der Waals surface area contributed by atoms with Crippen molar-refractivity contribution < 1.29 is 0 Å². The molecule has 0 saturated carbocycles. The minimum atomic E-state index is -0.718. The number of rotatable bonds is 5. The van der Waals surface area contributed by atoms with E-state index in [4.69, 9.17) is 11.0 Å². The monoisotopic (exact) mass is 211 g/mol. The standard InChI is InChI=1S/C12H25N3/c1-9(2)11(4)15(6)10(3)7-12(5,14)8-13/h9-11H,7,14H2,1-6H3. The topological polar surface area (TPSA) is 53.0 Å². The van der Waals surface area contributed by atoms with E-state index in [1.165, 1.54) is 0 Å². The molecule has 0 amide bonds. The van der Waals surface area contributed by atoms with Gasteiger partial charge in [-0.15, -0.1) is 0 Å². The van der Waals surface area contributed by atoms with Crippen LogP contribution in [0.25, 0.3) is 0 Å². The zero-order valence-electron chi connectivity index (χ0n) is 10.9.